The molecule has 326 valence electrons. The number of hydrogen-bond acceptors (Lipinski definition) is 2. The number of hydrogen-bond donors (Lipinski definition) is 0. The maximum Gasteiger partial charge on any atom is 0.0726 e. The number of rotatable bonds is 6. The predicted octanol–water partition coefficient (Wildman–Crippen LogP) is 17.9. The molecular weight excluding hydrogens is 863 g/mol. The van der Waals surface area contributed by atoms with E-state index in [0.717, 1.165) is 17.1 Å². The summed E-state index contributed by atoms with van der Waals surface area (Å²) in [5.74, 6) is 0. The second kappa shape index (κ2) is 15.0. The fourth-order valence-corrected chi connectivity index (χ4v) is 14.4. The lowest BCUT2D eigenvalue weighted by Crippen LogP contribution is -2.28. The summed E-state index contributed by atoms with van der Waals surface area (Å²) in [6.07, 6.45) is 0. The Kier molecular flexibility index (Phi) is 8.43. The van der Waals surface area contributed by atoms with Gasteiger partial charge in [0.05, 0.1) is 22.2 Å². The van der Waals surface area contributed by atoms with Crippen molar-refractivity contribution in [1.29, 1.82) is 0 Å². The van der Waals surface area contributed by atoms with E-state index >= 15 is 0 Å². The van der Waals surface area contributed by atoms with E-state index in [0.29, 0.717) is 0 Å². The van der Waals surface area contributed by atoms with Gasteiger partial charge < -0.3 is 4.90 Å². The minimum atomic E-state index is -0.546. The first-order chi connectivity index (χ1) is 34.8. The second-order valence-corrected chi connectivity index (χ2v) is 20.0. The van der Waals surface area contributed by atoms with Gasteiger partial charge in [-0.3, -0.25) is 0 Å². The molecule has 12 aromatic rings. The molecule has 0 aliphatic heterocycles. The lowest BCUT2D eigenvalue weighted by Gasteiger charge is -2.35. The highest BCUT2D eigenvalue weighted by Gasteiger charge is 2.53. The number of nitrogens with zero attached hydrogens (tertiary/aromatic N) is 1. The Balaban J connectivity index is 1.03. The molecule has 0 amide bonds. The third kappa shape index (κ3) is 5.16. The van der Waals surface area contributed by atoms with Gasteiger partial charge in [-0.25, -0.2) is 0 Å². The number of benzene rings is 11. The maximum absolute atomic E-state index is 2.59. The summed E-state index contributed by atoms with van der Waals surface area (Å²) < 4.78 is 2.64. The second-order valence-electron chi connectivity index (χ2n) is 19.0. The summed E-state index contributed by atoms with van der Waals surface area (Å²) in [5.41, 5.74) is 22.9. The Hall–Kier alpha value is -8.56. The van der Waals surface area contributed by atoms with Gasteiger partial charge in [0, 0.05) is 37.0 Å². The molecule has 3 aliphatic carbocycles. The zero-order valence-corrected chi connectivity index (χ0v) is 39.0. The average Bonchev–Trinajstić information content (AvgIpc) is 4.15. The lowest BCUT2D eigenvalue weighted by molar-refractivity contribution is 0.768. The first-order valence-corrected chi connectivity index (χ1v) is 25.2. The van der Waals surface area contributed by atoms with Crippen LogP contribution in [0.4, 0.5) is 17.1 Å². The van der Waals surface area contributed by atoms with E-state index in [1.807, 2.05) is 11.3 Å². The van der Waals surface area contributed by atoms with E-state index in [1.165, 1.54) is 109 Å². The van der Waals surface area contributed by atoms with Gasteiger partial charge in [-0.15, -0.1) is 11.3 Å². The van der Waals surface area contributed by atoms with Gasteiger partial charge in [0.25, 0.3) is 0 Å². The maximum atomic E-state index is 2.59. The van der Waals surface area contributed by atoms with Crippen LogP contribution in [0, 0.1) is 0 Å². The molecule has 3 aliphatic rings. The fourth-order valence-electron chi connectivity index (χ4n) is 13.1. The van der Waals surface area contributed by atoms with Crippen LogP contribution in [0.2, 0.25) is 0 Å². The standard InChI is InChI=1S/C68H43NS/c1-3-20-45(21-4-1)67(46-22-5-2-6-23-46)57-33-14-9-27-53(57)64-59(67)35-18-37-61(64)69(47-42-40-44(41-43-47)48-29-17-30-52-51-26-11-16-39-63(51)70-66(48)52)62-38-19-36-60-65(62)54-28-10-15-34-58(54)68(60)55-31-12-7-24-49(55)50-25-8-13-32-56(50)68/h1-43H. The average molecular weight is 906 g/mol. The SMILES string of the molecule is c1ccc(C2(c3ccccc3)c3ccccc3-c3c(N(c4ccc(-c5cccc6c5sc5ccccc56)cc4)c4cccc5c4-c4ccccc4C54c5ccccc5-c5ccccc54)cccc32)cc1. The van der Waals surface area contributed by atoms with Crippen LogP contribution in [0.5, 0.6) is 0 Å². The Bertz CT molecular complexity index is 3890. The molecule has 0 N–H and O–H groups in total. The third-order valence-corrected chi connectivity index (χ3v) is 17.0. The van der Waals surface area contributed by atoms with Crippen LogP contribution >= 0.6 is 11.3 Å². The molecular formula is C68H43NS. The van der Waals surface area contributed by atoms with Crippen molar-refractivity contribution in [2.24, 2.45) is 0 Å². The Morgan fingerprint density at radius 3 is 1.29 bits per heavy atom. The van der Waals surface area contributed by atoms with Crippen LogP contribution < -0.4 is 4.90 Å². The van der Waals surface area contributed by atoms with Gasteiger partial charge in [0.15, 0.2) is 0 Å². The third-order valence-electron chi connectivity index (χ3n) is 15.8. The molecule has 1 heterocycles. The molecule has 15 rings (SSSR count). The van der Waals surface area contributed by atoms with Crippen molar-refractivity contribution in [1.82, 2.24) is 0 Å². The van der Waals surface area contributed by atoms with Gasteiger partial charge in [-0.2, -0.15) is 0 Å². The molecule has 0 atom stereocenters. The van der Waals surface area contributed by atoms with Crippen LogP contribution in [-0.4, -0.2) is 0 Å². The van der Waals surface area contributed by atoms with E-state index in [4.69, 9.17) is 0 Å². The van der Waals surface area contributed by atoms with E-state index in [2.05, 4.69) is 266 Å². The van der Waals surface area contributed by atoms with Gasteiger partial charge >= 0.3 is 0 Å². The molecule has 0 fully saturated rings. The lowest BCUT2D eigenvalue weighted by atomic mass is 9.68. The predicted molar refractivity (Wildman–Crippen MR) is 293 cm³/mol. The Labute approximate surface area is 411 Å². The summed E-state index contributed by atoms with van der Waals surface area (Å²) in [7, 11) is 0. The Morgan fingerprint density at radius 2 is 0.700 bits per heavy atom. The molecule has 0 saturated heterocycles. The molecule has 1 aromatic heterocycles. The van der Waals surface area contributed by atoms with Crippen molar-refractivity contribution in [3.63, 3.8) is 0 Å². The van der Waals surface area contributed by atoms with Crippen molar-refractivity contribution >= 4 is 48.6 Å². The van der Waals surface area contributed by atoms with Crippen LogP contribution in [0.1, 0.15) is 44.5 Å². The molecule has 1 nitrogen and oxygen atoms in total. The van der Waals surface area contributed by atoms with Crippen LogP contribution in [0.3, 0.4) is 0 Å². The van der Waals surface area contributed by atoms with Crippen LogP contribution in [0.25, 0.3) is 64.7 Å². The van der Waals surface area contributed by atoms with Crippen molar-refractivity contribution in [3.05, 3.63) is 305 Å². The van der Waals surface area contributed by atoms with E-state index in [-0.39, 0.29) is 0 Å². The molecule has 0 unspecified atom stereocenters. The van der Waals surface area contributed by atoms with Crippen LogP contribution in [-0.2, 0) is 10.8 Å². The molecule has 0 radical (unpaired) electrons. The van der Waals surface area contributed by atoms with Gasteiger partial charge in [0.2, 0.25) is 0 Å². The molecule has 0 bridgehead atoms. The van der Waals surface area contributed by atoms with Crippen LogP contribution in [0.15, 0.2) is 261 Å². The summed E-state index contributed by atoms with van der Waals surface area (Å²) in [6, 6.07) is 98.0. The molecule has 11 aromatic carbocycles. The topological polar surface area (TPSA) is 3.24 Å². The normalized spacial score (nSPS) is 13.9. The molecule has 70 heavy (non-hydrogen) atoms. The number of fused-ring (bicyclic) bond motifs is 16. The first kappa shape index (κ1) is 39.4. The molecule has 1 spiro atoms. The molecule has 0 saturated carbocycles. The monoisotopic (exact) mass is 905 g/mol. The van der Waals surface area contributed by atoms with Crippen molar-refractivity contribution in [2.75, 3.05) is 4.90 Å². The highest BCUT2D eigenvalue weighted by Crippen LogP contribution is 2.66. The zero-order chi connectivity index (χ0) is 46.0. The summed E-state index contributed by atoms with van der Waals surface area (Å²) >= 11 is 1.89. The summed E-state index contributed by atoms with van der Waals surface area (Å²) in [4.78, 5) is 2.59. The minimum Gasteiger partial charge on any atom is -0.309 e. The van der Waals surface area contributed by atoms with Crippen molar-refractivity contribution in [3.8, 4) is 44.5 Å². The smallest absolute Gasteiger partial charge is 0.0726 e. The highest BCUT2D eigenvalue weighted by molar-refractivity contribution is 7.26. The first-order valence-electron chi connectivity index (χ1n) is 24.3. The van der Waals surface area contributed by atoms with E-state index in [9.17, 15) is 0 Å². The minimum absolute atomic E-state index is 0.478. The quantitative estimate of drug-likeness (QED) is 0.161. The number of thiophene rings is 1. The van der Waals surface area contributed by atoms with E-state index in [1.54, 1.807) is 0 Å². The zero-order valence-electron chi connectivity index (χ0n) is 38.2. The summed E-state index contributed by atoms with van der Waals surface area (Å²) in [6.45, 7) is 0. The van der Waals surface area contributed by atoms with Crippen molar-refractivity contribution < 1.29 is 0 Å². The number of anilines is 3. The fraction of sp³-hybridized carbons (Fsp3) is 0.0294. The molecule has 2 heteroatoms. The van der Waals surface area contributed by atoms with Gasteiger partial charge in [0.1, 0.15) is 0 Å². The van der Waals surface area contributed by atoms with E-state index < -0.39 is 10.8 Å². The largest absolute Gasteiger partial charge is 0.309 e. The van der Waals surface area contributed by atoms with Crippen molar-refractivity contribution in [2.45, 2.75) is 10.8 Å². The van der Waals surface area contributed by atoms with Gasteiger partial charge in [-0.05, 0) is 108 Å². The highest BCUT2D eigenvalue weighted by atomic mass is 32.1. The summed E-state index contributed by atoms with van der Waals surface area (Å²) in [5, 5.41) is 2.63. The van der Waals surface area contributed by atoms with Gasteiger partial charge in [-0.1, -0.05) is 231 Å². The Morgan fingerprint density at radius 1 is 0.286 bits per heavy atom.